The minimum atomic E-state index is -0.700. The molecular formula is C28H23ClN6O3S2. The number of hydrogen-bond donors (Lipinski definition) is 2. The Kier molecular flexibility index (Phi) is 9.59. The predicted octanol–water partition coefficient (Wildman–Crippen LogP) is 6.09. The average Bonchev–Trinajstić information content (AvgIpc) is 3.43. The molecule has 9 nitrogen and oxygen atoms in total. The molecule has 40 heavy (non-hydrogen) atoms. The van der Waals surface area contributed by atoms with E-state index < -0.39 is 12.0 Å². The third kappa shape index (κ3) is 6.89. The summed E-state index contributed by atoms with van der Waals surface area (Å²) in [6.45, 7) is 9.42. The van der Waals surface area contributed by atoms with Gasteiger partial charge in [-0.05, 0) is 36.8 Å². The number of rotatable bonds is 10. The zero-order valence-corrected chi connectivity index (χ0v) is 23.6. The highest BCUT2D eigenvalue weighted by molar-refractivity contribution is 7.98. The first-order valence-electron chi connectivity index (χ1n) is 11.9. The standard InChI is InChI=1S/C28H23ClN6O3S2/c1-16(31)28(36)38-12-11-37-21-9-5-17(6-10-21)23-22(13-30)27(35-25(32)24(23)33-2)40-15-20-14-39-26(34-20)18-3-7-19(29)8-4-18/h3-10,14,16H,11-12,15,31H2,1H3,(H2,32,35)/t16-/m0/s1. The minimum Gasteiger partial charge on any atom is -0.490 e. The summed E-state index contributed by atoms with van der Waals surface area (Å²) in [6, 6.07) is 15.9. The highest BCUT2D eigenvalue weighted by Gasteiger charge is 2.21. The molecule has 1 atom stereocenters. The molecule has 0 fully saturated rings. The molecule has 0 aliphatic heterocycles. The molecule has 0 spiro atoms. The van der Waals surface area contributed by atoms with E-state index in [1.807, 2.05) is 29.6 Å². The van der Waals surface area contributed by atoms with E-state index >= 15 is 0 Å². The Balaban J connectivity index is 1.52. The summed E-state index contributed by atoms with van der Waals surface area (Å²) < 4.78 is 10.6. The van der Waals surface area contributed by atoms with E-state index in [-0.39, 0.29) is 30.3 Å². The third-order valence-electron chi connectivity index (χ3n) is 5.50. The fourth-order valence-electron chi connectivity index (χ4n) is 3.57. The number of pyridine rings is 1. The minimum absolute atomic E-state index is 0.0444. The van der Waals surface area contributed by atoms with Crippen molar-refractivity contribution in [3.05, 3.63) is 81.6 Å². The molecule has 0 aliphatic rings. The van der Waals surface area contributed by atoms with Gasteiger partial charge in [0.1, 0.15) is 46.9 Å². The smallest absolute Gasteiger partial charge is 0.322 e. The first-order valence-corrected chi connectivity index (χ1v) is 14.1. The van der Waals surface area contributed by atoms with Crippen LogP contribution in [0.5, 0.6) is 5.75 Å². The molecule has 2 aromatic carbocycles. The van der Waals surface area contributed by atoms with Crippen molar-refractivity contribution < 1.29 is 14.3 Å². The fraction of sp³-hybridized carbons (Fsp3) is 0.179. The van der Waals surface area contributed by atoms with E-state index in [4.69, 9.17) is 44.1 Å². The lowest BCUT2D eigenvalue weighted by Gasteiger charge is -2.14. The number of nitrogens with two attached hydrogens (primary N) is 2. The summed E-state index contributed by atoms with van der Waals surface area (Å²) in [7, 11) is 0. The zero-order valence-electron chi connectivity index (χ0n) is 21.3. The molecule has 0 saturated heterocycles. The van der Waals surface area contributed by atoms with Gasteiger partial charge in [0, 0.05) is 27.3 Å². The highest BCUT2D eigenvalue weighted by Crippen LogP contribution is 2.42. The largest absolute Gasteiger partial charge is 0.490 e. The van der Waals surface area contributed by atoms with Crippen LogP contribution in [0.25, 0.3) is 26.5 Å². The molecule has 4 N–H and O–H groups in total. The number of esters is 1. The van der Waals surface area contributed by atoms with Crippen molar-refractivity contribution in [1.29, 1.82) is 5.26 Å². The van der Waals surface area contributed by atoms with E-state index in [0.717, 1.165) is 16.3 Å². The van der Waals surface area contributed by atoms with Crippen LogP contribution < -0.4 is 16.2 Å². The predicted molar refractivity (Wildman–Crippen MR) is 157 cm³/mol. The number of carbonyl (C=O) groups excluding carboxylic acids is 1. The summed E-state index contributed by atoms with van der Waals surface area (Å²) >= 11 is 8.83. The molecule has 2 aromatic heterocycles. The summed E-state index contributed by atoms with van der Waals surface area (Å²) in [5, 5.41) is 14.0. The molecule has 0 amide bonds. The van der Waals surface area contributed by atoms with E-state index in [2.05, 4.69) is 15.9 Å². The second kappa shape index (κ2) is 13.3. The van der Waals surface area contributed by atoms with Crippen LogP contribution in [0.15, 0.2) is 58.9 Å². The van der Waals surface area contributed by atoms with Gasteiger partial charge in [0.05, 0.1) is 17.8 Å². The topological polar surface area (TPSA) is 142 Å². The maximum absolute atomic E-state index is 11.5. The monoisotopic (exact) mass is 590 g/mol. The molecule has 0 aliphatic carbocycles. The maximum atomic E-state index is 11.5. The van der Waals surface area contributed by atoms with Gasteiger partial charge < -0.3 is 20.9 Å². The Hall–Kier alpha value is -4.13. The van der Waals surface area contributed by atoms with Crippen molar-refractivity contribution in [2.45, 2.75) is 23.7 Å². The number of aromatic nitrogens is 2. The van der Waals surface area contributed by atoms with Crippen LogP contribution in [0, 0.1) is 17.9 Å². The summed E-state index contributed by atoms with van der Waals surface area (Å²) in [5.74, 6) is 0.529. The lowest BCUT2D eigenvalue weighted by Crippen LogP contribution is -2.29. The Morgan fingerprint density at radius 1 is 1.18 bits per heavy atom. The first-order chi connectivity index (χ1) is 19.3. The Bertz CT molecular complexity index is 1590. The van der Waals surface area contributed by atoms with Crippen molar-refractivity contribution in [2.24, 2.45) is 5.73 Å². The number of thioether (sulfide) groups is 1. The molecule has 4 aromatic rings. The van der Waals surface area contributed by atoms with Crippen LogP contribution in [0.2, 0.25) is 5.02 Å². The van der Waals surface area contributed by atoms with Gasteiger partial charge in [-0.15, -0.1) is 11.3 Å². The summed E-state index contributed by atoms with van der Waals surface area (Å²) in [4.78, 5) is 24.1. The van der Waals surface area contributed by atoms with Crippen LogP contribution in [0.4, 0.5) is 11.5 Å². The number of halogens is 1. The van der Waals surface area contributed by atoms with E-state index in [1.165, 1.54) is 23.1 Å². The van der Waals surface area contributed by atoms with Gasteiger partial charge in [0.25, 0.3) is 0 Å². The van der Waals surface area contributed by atoms with Crippen molar-refractivity contribution >= 4 is 52.2 Å². The van der Waals surface area contributed by atoms with Gasteiger partial charge in [-0.1, -0.05) is 47.6 Å². The van der Waals surface area contributed by atoms with Gasteiger partial charge in [0.2, 0.25) is 5.69 Å². The van der Waals surface area contributed by atoms with E-state index in [1.54, 1.807) is 31.2 Å². The summed E-state index contributed by atoms with van der Waals surface area (Å²) in [5.41, 5.74) is 14.8. The van der Waals surface area contributed by atoms with E-state index in [0.29, 0.717) is 32.7 Å². The molecule has 0 saturated carbocycles. The first kappa shape index (κ1) is 28.9. The Morgan fingerprint density at radius 3 is 2.52 bits per heavy atom. The number of hydrogen-bond acceptors (Lipinski definition) is 10. The fourth-order valence-corrected chi connectivity index (χ4v) is 5.51. The van der Waals surface area contributed by atoms with Gasteiger partial charge in [0.15, 0.2) is 0 Å². The molecule has 202 valence electrons. The van der Waals surface area contributed by atoms with Crippen LogP contribution in [-0.2, 0) is 15.3 Å². The maximum Gasteiger partial charge on any atom is 0.322 e. The number of thiazole rings is 1. The van der Waals surface area contributed by atoms with Gasteiger partial charge >= 0.3 is 5.97 Å². The van der Waals surface area contributed by atoms with Crippen LogP contribution >= 0.6 is 34.7 Å². The number of anilines is 1. The lowest BCUT2D eigenvalue weighted by atomic mass is 10.00. The number of nitrogens with zero attached hydrogens (tertiary/aromatic N) is 4. The molecular weight excluding hydrogens is 568 g/mol. The molecule has 12 heteroatoms. The molecule has 2 heterocycles. The number of benzene rings is 2. The van der Waals surface area contributed by atoms with Crippen molar-refractivity contribution in [1.82, 2.24) is 9.97 Å². The molecule has 4 rings (SSSR count). The van der Waals surface area contributed by atoms with Crippen LogP contribution in [0.1, 0.15) is 18.2 Å². The number of ether oxygens (including phenoxy) is 2. The molecule has 0 radical (unpaired) electrons. The van der Waals surface area contributed by atoms with Crippen LogP contribution in [-0.4, -0.2) is 35.2 Å². The average molecular weight is 591 g/mol. The normalized spacial score (nSPS) is 11.3. The van der Waals surface area contributed by atoms with Crippen molar-refractivity contribution in [3.63, 3.8) is 0 Å². The summed E-state index contributed by atoms with van der Waals surface area (Å²) in [6.07, 6.45) is 0. The van der Waals surface area contributed by atoms with Gasteiger partial charge in [-0.3, -0.25) is 4.79 Å². The van der Waals surface area contributed by atoms with Gasteiger partial charge in [-0.2, -0.15) is 5.26 Å². The zero-order chi connectivity index (χ0) is 28.6. The highest BCUT2D eigenvalue weighted by atomic mass is 35.5. The Morgan fingerprint density at radius 2 is 1.88 bits per heavy atom. The van der Waals surface area contributed by atoms with Crippen molar-refractivity contribution in [3.8, 4) is 33.5 Å². The SMILES string of the molecule is [C-]#[N+]c1c(N)nc(SCc2csc(-c3ccc(Cl)cc3)n2)c(C#N)c1-c1ccc(OCCOC(=O)[C@H](C)N)cc1. The van der Waals surface area contributed by atoms with Crippen LogP contribution in [0.3, 0.4) is 0 Å². The number of nitriles is 1. The number of nitrogen functional groups attached to an aromatic ring is 1. The molecule has 0 bridgehead atoms. The Labute approximate surface area is 244 Å². The molecule has 0 unspecified atom stereocenters. The second-order valence-corrected chi connectivity index (χ2v) is 10.7. The van der Waals surface area contributed by atoms with E-state index in [9.17, 15) is 10.1 Å². The lowest BCUT2D eigenvalue weighted by molar-refractivity contribution is -0.145. The quantitative estimate of drug-likeness (QED) is 0.0970. The second-order valence-electron chi connectivity index (χ2n) is 8.39. The third-order valence-corrected chi connectivity index (χ3v) is 7.70. The van der Waals surface area contributed by atoms with Crippen molar-refractivity contribution in [2.75, 3.05) is 18.9 Å². The number of carbonyl (C=O) groups is 1. The van der Waals surface area contributed by atoms with Gasteiger partial charge in [-0.25, -0.2) is 14.8 Å².